The number of aliphatic hydroxyl groups excluding tert-OH is 1. The molecule has 0 amide bonds. The fourth-order valence-corrected chi connectivity index (χ4v) is 1.04. The molecule has 0 spiro atoms. The van der Waals surface area contributed by atoms with E-state index in [1.165, 1.54) is 0 Å². The zero-order valence-electron chi connectivity index (χ0n) is 7.49. The molecule has 0 radical (unpaired) electrons. The fourth-order valence-electron chi connectivity index (χ4n) is 1.04. The number of hydrogen-bond acceptors (Lipinski definition) is 3. The highest BCUT2D eigenvalue weighted by molar-refractivity contribution is 5.97. The van der Waals surface area contributed by atoms with E-state index in [0.717, 1.165) is 5.56 Å². The lowest BCUT2D eigenvalue weighted by Gasteiger charge is -2.01. The minimum Gasteiger partial charge on any atom is -0.371 e. The van der Waals surface area contributed by atoms with Crippen molar-refractivity contribution in [1.29, 1.82) is 0 Å². The summed E-state index contributed by atoms with van der Waals surface area (Å²) in [6.45, 7) is 1.43. The van der Waals surface area contributed by atoms with E-state index in [9.17, 15) is 4.79 Å². The van der Waals surface area contributed by atoms with Crippen molar-refractivity contribution in [3.63, 3.8) is 0 Å². The number of aryl methyl sites for hydroxylation is 1. The standard InChI is InChI=1S/C10H12O3/c1-8-3-2-4-9(5-8)10(12)6-13-7-11/h2-5,11H,6-7H2,1H3. The number of benzene rings is 1. The number of carbonyl (C=O) groups excluding carboxylic acids is 1. The molecule has 0 bridgehead atoms. The van der Waals surface area contributed by atoms with Gasteiger partial charge in [-0.2, -0.15) is 0 Å². The SMILES string of the molecule is Cc1cccc(C(=O)COCO)c1. The van der Waals surface area contributed by atoms with E-state index < -0.39 is 6.79 Å². The Kier molecular flexibility index (Phi) is 3.61. The third kappa shape index (κ3) is 2.97. The Morgan fingerprint density at radius 3 is 2.92 bits per heavy atom. The summed E-state index contributed by atoms with van der Waals surface area (Å²) in [5, 5.41) is 8.34. The van der Waals surface area contributed by atoms with Gasteiger partial charge in [-0.05, 0) is 13.0 Å². The Morgan fingerprint density at radius 1 is 1.54 bits per heavy atom. The Balaban J connectivity index is 2.66. The van der Waals surface area contributed by atoms with Crippen molar-refractivity contribution in [2.45, 2.75) is 6.92 Å². The van der Waals surface area contributed by atoms with Gasteiger partial charge >= 0.3 is 0 Å². The van der Waals surface area contributed by atoms with Gasteiger partial charge in [0.2, 0.25) is 0 Å². The van der Waals surface area contributed by atoms with Crippen LogP contribution in [0.5, 0.6) is 0 Å². The lowest BCUT2D eigenvalue weighted by Crippen LogP contribution is -2.09. The lowest BCUT2D eigenvalue weighted by molar-refractivity contribution is 0.00350. The maximum Gasteiger partial charge on any atom is 0.188 e. The number of aliphatic hydroxyl groups is 1. The Labute approximate surface area is 77.0 Å². The van der Waals surface area contributed by atoms with Crippen molar-refractivity contribution in [2.75, 3.05) is 13.4 Å². The van der Waals surface area contributed by atoms with Gasteiger partial charge in [0.05, 0.1) is 0 Å². The molecule has 70 valence electrons. The molecular weight excluding hydrogens is 168 g/mol. The van der Waals surface area contributed by atoms with Crippen LogP contribution in [0.25, 0.3) is 0 Å². The Hall–Kier alpha value is -1.19. The zero-order valence-corrected chi connectivity index (χ0v) is 7.49. The zero-order chi connectivity index (χ0) is 9.68. The van der Waals surface area contributed by atoms with Crippen LogP contribution in [-0.2, 0) is 4.74 Å². The molecule has 3 nitrogen and oxygen atoms in total. The molecule has 0 aromatic heterocycles. The van der Waals surface area contributed by atoms with E-state index in [2.05, 4.69) is 4.74 Å². The normalized spacial score (nSPS) is 10.0. The van der Waals surface area contributed by atoms with Gasteiger partial charge in [0.1, 0.15) is 13.4 Å². The number of carbonyl (C=O) groups is 1. The maximum atomic E-state index is 11.3. The third-order valence-corrected chi connectivity index (χ3v) is 1.66. The molecule has 1 aromatic rings. The minimum absolute atomic E-state index is 0.0695. The van der Waals surface area contributed by atoms with Crippen molar-refractivity contribution < 1.29 is 14.6 Å². The van der Waals surface area contributed by atoms with E-state index in [0.29, 0.717) is 5.56 Å². The molecule has 0 aliphatic rings. The van der Waals surface area contributed by atoms with Gasteiger partial charge in [-0.25, -0.2) is 0 Å². The number of Topliss-reactive ketones (excluding diaryl/α,β-unsaturated/α-hetero) is 1. The molecule has 0 heterocycles. The molecule has 1 aromatic carbocycles. The van der Waals surface area contributed by atoms with Gasteiger partial charge in [-0.3, -0.25) is 4.79 Å². The van der Waals surface area contributed by atoms with Crippen LogP contribution in [0, 0.1) is 6.92 Å². The molecule has 0 atom stereocenters. The van der Waals surface area contributed by atoms with Gasteiger partial charge in [0, 0.05) is 5.56 Å². The number of ether oxygens (including phenoxy) is 1. The molecule has 3 heteroatoms. The van der Waals surface area contributed by atoms with Crippen LogP contribution >= 0.6 is 0 Å². The highest BCUT2D eigenvalue weighted by Gasteiger charge is 2.04. The number of rotatable bonds is 4. The summed E-state index contributed by atoms with van der Waals surface area (Å²) in [5.74, 6) is -0.113. The van der Waals surface area contributed by atoms with Crippen molar-refractivity contribution in [2.24, 2.45) is 0 Å². The molecule has 1 N–H and O–H groups in total. The summed E-state index contributed by atoms with van der Waals surface area (Å²) in [6.07, 6.45) is 0. The molecule has 13 heavy (non-hydrogen) atoms. The van der Waals surface area contributed by atoms with Crippen molar-refractivity contribution in [1.82, 2.24) is 0 Å². The van der Waals surface area contributed by atoms with Gasteiger partial charge in [0.15, 0.2) is 5.78 Å². The van der Waals surface area contributed by atoms with Crippen LogP contribution in [0.1, 0.15) is 15.9 Å². The Morgan fingerprint density at radius 2 is 2.31 bits per heavy atom. The van der Waals surface area contributed by atoms with E-state index in [-0.39, 0.29) is 12.4 Å². The second-order valence-electron chi connectivity index (χ2n) is 2.77. The average molecular weight is 180 g/mol. The largest absolute Gasteiger partial charge is 0.371 e. The molecule has 1 rings (SSSR count). The quantitative estimate of drug-likeness (QED) is 0.558. The molecule has 0 unspecified atom stereocenters. The first-order chi connectivity index (χ1) is 6.24. The van der Waals surface area contributed by atoms with E-state index in [1.807, 2.05) is 19.1 Å². The first-order valence-corrected chi connectivity index (χ1v) is 4.02. The molecule has 0 aliphatic heterocycles. The lowest BCUT2D eigenvalue weighted by atomic mass is 10.1. The van der Waals surface area contributed by atoms with E-state index in [4.69, 9.17) is 5.11 Å². The first-order valence-electron chi connectivity index (χ1n) is 4.02. The summed E-state index contributed by atoms with van der Waals surface area (Å²) in [4.78, 5) is 11.3. The number of hydrogen-bond donors (Lipinski definition) is 1. The van der Waals surface area contributed by atoms with Gasteiger partial charge in [-0.1, -0.05) is 23.8 Å². The first kappa shape index (κ1) is 9.89. The predicted molar refractivity (Wildman–Crippen MR) is 48.5 cm³/mol. The molecule has 0 fully saturated rings. The summed E-state index contributed by atoms with van der Waals surface area (Å²) >= 11 is 0. The second kappa shape index (κ2) is 4.74. The monoisotopic (exact) mass is 180 g/mol. The summed E-state index contributed by atoms with van der Waals surface area (Å²) in [5.41, 5.74) is 1.66. The summed E-state index contributed by atoms with van der Waals surface area (Å²) in [7, 11) is 0. The van der Waals surface area contributed by atoms with Crippen LogP contribution in [0.4, 0.5) is 0 Å². The highest BCUT2D eigenvalue weighted by Crippen LogP contribution is 2.04. The van der Waals surface area contributed by atoms with Crippen LogP contribution in [0.2, 0.25) is 0 Å². The van der Waals surface area contributed by atoms with Crippen LogP contribution in [-0.4, -0.2) is 24.3 Å². The van der Waals surface area contributed by atoms with Crippen molar-refractivity contribution in [3.05, 3.63) is 35.4 Å². The van der Waals surface area contributed by atoms with Gasteiger partial charge < -0.3 is 9.84 Å². The highest BCUT2D eigenvalue weighted by atomic mass is 16.6. The summed E-state index contributed by atoms with van der Waals surface area (Å²) in [6, 6.07) is 7.27. The second-order valence-corrected chi connectivity index (χ2v) is 2.77. The predicted octanol–water partition coefficient (Wildman–Crippen LogP) is 1.14. The molecule has 0 saturated carbocycles. The maximum absolute atomic E-state index is 11.3. The Bertz CT molecular complexity index is 294. The van der Waals surface area contributed by atoms with Crippen molar-refractivity contribution in [3.8, 4) is 0 Å². The van der Waals surface area contributed by atoms with E-state index in [1.54, 1.807) is 12.1 Å². The molecular formula is C10H12O3. The topological polar surface area (TPSA) is 46.5 Å². The van der Waals surface area contributed by atoms with Crippen LogP contribution < -0.4 is 0 Å². The smallest absolute Gasteiger partial charge is 0.188 e. The van der Waals surface area contributed by atoms with Crippen molar-refractivity contribution >= 4 is 5.78 Å². The number of ketones is 1. The minimum atomic E-state index is -0.419. The summed E-state index contributed by atoms with van der Waals surface area (Å²) < 4.78 is 4.60. The molecule has 0 aliphatic carbocycles. The van der Waals surface area contributed by atoms with Gasteiger partial charge in [0.25, 0.3) is 0 Å². The van der Waals surface area contributed by atoms with Crippen LogP contribution in [0.15, 0.2) is 24.3 Å². The fraction of sp³-hybridized carbons (Fsp3) is 0.300. The molecule has 0 saturated heterocycles. The van der Waals surface area contributed by atoms with Gasteiger partial charge in [-0.15, -0.1) is 0 Å². The average Bonchev–Trinajstić information content (AvgIpc) is 2.14. The third-order valence-electron chi connectivity index (χ3n) is 1.66. The van der Waals surface area contributed by atoms with E-state index >= 15 is 0 Å². The van der Waals surface area contributed by atoms with Crippen LogP contribution in [0.3, 0.4) is 0 Å².